The zero-order valence-electron chi connectivity index (χ0n) is 7.62. The summed E-state index contributed by atoms with van der Waals surface area (Å²) >= 11 is 8.04. The maximum absolute atomic E-state index is 5.21. The molecule has 1 aromatic carbocycles. The molecule has 0 atom stereocenters. The Morgan fingerprint density at radius 3 is 2.93 bits per heavy atom. The molecule has 0 heterocycles. The van der Waals surface area contributed by atoms with Gasteiger partial charge in [-0.25, -0.2) is 0 Å². The molecule has 0 spiro atoms. The van der Waals surface area contributed by atoms with Crippen LogP contribution in [-0.2, 0) is 0 Å². The summed E-state index contributed by atoms with van der Waals surface area (Å²) in [5.74, 6) is 0. The van der Waals surface area contributed by atoms with E-state index in [1.807, 2.05) is 25.1 Å². The fourth-order valence-electron chi connectivity index (χ4n) is 0.860. The highest BCUT2D eigenvalue weighted by Crippen LogP contribution is 2.16. The molecular formula is C9H10BrN3S. The van der Waals surface area contributed by atoms with Crippen molar-refractivity contribution in [3.05, 3.63) is 33.8 Å². The Hall–Kier alpha value is -0.940. The highest BCUT2D eigenvalue weighted by molar-refractivity contribution is 9.10. The Balaban J connectivity index is 2.73. The van der Waals surface area contributed by atoms with Crippen LogP contribution in [0, 0.1) is 6.92 Å². The smallest absolute Gasteiger partial charge is 0.184 e. The van der Waals surface area contributed by atoms with Crippen LogP contribution in [0.15, 0.2) is 27.8 Å². The van der Waals surface area contributed by atoms with Crippen molar-refractivity contribution in [3.63, 3.8) is 0 Å². The number of hydrazone groups is 1. The van der Waals surface area contributed by atoms with Crippen molar-refractivity contribution >= 4 is 39.5 Å². The third-order valence-corrected chi connectivity index (χ3v) is 2.53. The Labute approximate surface area is 96.5 Å². The van der Waals surface area contributed by atoms with Crippen LogP contribution < -0.4 is 11.2 Å². The van der Waals surface area contributed by atoms with Gasteiger partial charge in [-0.05, 0) is 36.3 Å². The fourth-order valence-corrected chi connectivity index (χ4v) is 1.31. The third kappa shape index (κ3) is 3.43. The average Bonchev–Trinajstić information content (AvgIpc) is 2.10. The fraction of sp³-hybridized carbons (Fsp3) is 0.111. The van der Waals surface area contributed by atoms with E-state index < -0.39 is 0 Å². The van der Waals surface area contributed by atoms with E-state index in [-0.39, 0.29) is 5.11 Å². The number of thiocarbonyl (C=S) groups is 1. The molecule has 0 radical (unpaired) electrons. The molecule has 1 rings (SSSR count). The summed E-state index contributed by atoms with van der Waals surface area (Å²) in [7, 11) is 0. The number of nitrogens with zero attached hydrogens (tertiary/aromatic N) is 1. The molecule has 0 aliphatic heterocycles. The first-order valence-electron chi connectivity index (χ1n) is 3.94. The number of hydrogen-bond acceptors (Lipinski definition) is 2. The van der Waals surface area contributed by atoms with Crippen molar-refractivity contribution in [3.8, 4) is 0 Å². The normalized spacial score (nSPS) is 10.4. The predicted octanol–water partition coefficient (Wildman–Crippen LogP) is 1.92. The Morgan fingerprint density at radius 2 is 2.36 bits per heavy atom. The molecule has 0 aliphatic carbocycles. The number of nitrogens with two attached hydrogens (primary N) is 1. The van der Waals surface area contributed by atoms with Crippen LogP contribution in [0.25, 0.3) is 0 Å². The maximum atomic E-state index is 5.21. The van der Waals surface area contributed by atoms with E-state index in [9.17, 15) is 0 Å². The highest BCUT2D eigenvalue weighted by Gasteiger charge is 1.94. The zero-order chi connectivity index (χ0) is 10.6. The van der Waals surface area contributed by atoms with Crippen LogP contribution in [0.3, 0.4) is 0 Å². The van der Waals surface area contributed by atoms with Gasteiger partial charge in [0.25, 0.3) is 0 Å². The predicted molar refractivity (Wildman–Crippen MR) is 66.4 cm³/mol. The molecular weight excluding hydrogens is 262 g/mol. The number of nitrogens with one attached hydrogen (secondary N) is 1. The summed E-state index contributed by atoms with van der Waals surface area (Å²) in [5, 5.41) is 4.01. The summed E-state index contributed by atoms with van der Waals surface area (Å²) < 4.78 is 1.05. The van der Waals surface area contributed by atoms with E-state index in [2.05, 4.69) is 38.7 Å². The minimum Gasteiger partial charge on any atom is -0.375 e. The number of rotatable bonds is 2. The molecule has 0 saturated carbocycles. The number of halogens is 1. The molecule has 0 fully saturated rings. The summed E-state index contributed by atoms with van der Waals surface area (Å²) in [6, 6.07) is 5.94. The largest absolute Gasteiger partial charge is 0.375 e. The van der Waals surface area contributed by atoms with Gasteiger partial charge in [0.05, 0.1) is 6.21 Å². The van der Waals surface area contributed by atoms with E-state index in [0.717, 1.165) is 10.0 Å². The van der Waals surface area contributed by atoms with Gasteiger partial charge < -0.3 is 5.73 Å². The molecule has 5 heteroatoms. The summed E-state index contributed by atoms with van der Waals surface area (Å²) in [6.07, 6.45) is 1.66. The zero-order valence-corrected chi connectivity index (χ0v) is 10.0. The van der Waals surface area contributed by atoms with Gasteiger partial charge in [0, 0.05) is 4.47 Å². The third-order valence-electron chi connectivity index (χ3n) is 1.58. The van der Waals surface area contributed by atoms with E-state index >= 15 is 0 Å². The van der Waals surface area contributed by atoms with Crippen LogP contribution in [0.5, 0.6) is 0 Å². The van der Waals surface area contributed by atoms with Crippen LogP contribution in [0.4, 0.5) is 0 Å². The molecule has 0 unspecified atom stereocenters. The first kappa shape index (κ1) is 11.1. The second kappa shape index (κ2) is 5.07. The van der Waals surface area contributed by atoms with Crippen molar-refractivity contribution in [2.24, 2.45) is 10.8 Å². The highest BCUT2D eigenvalue weighted by atomic mass is 79.9. The molecule has 3 N–H and O–H groups in total. The minimum atomic E-state index is 0.160. The SMILES string of the molecule is Cc1ccc(C=NNC(N)=S)cc1Br. The molecule has 0 bridgehead atoms. The maximum Gasteiger partial charge on any atom is 0.184 e. The monoisotopic (exact) mass is 271 g/mol. The Morgan fingerprint density at radius 1 is 1.64 bits per heavy atom. The van der Waals surface area contributed by atoms with Crippen molar-refractivity contribution in [2.75, 3.05) is 0 Å². The number of aryl methyl sites for hydroxylation is 1. The molecule has 0 amide bonds. The van der Waals surface area contributed by atoms with Gasteiger partial charge in [0.1, 0.15) is 0 Å². The minimum absolute atomic E-state index is 0.160. The van der Waals surface area contributed by atoms with Crippen LogP contribution in [-0.4, -0.2) is 11.3 Å². The van der Waals surface area contributed by atoms with Crippen molar-refractivity contribution in [1.82, 2.24) is 5.43 Å². The van der Waals surface area contributed by atoms with Gasteiger partial charge in [-0.2, -0.15) is 5.10 Å². The quantitative estimate of drug-likeness (QED) is 0.491. The van der Waals surface area contributed by atoms with Gasteiger partial charge in [0.2, 0.25) is 0 Å². The van der Waals surface area contributed by atoms with Crippen LogP contribution >= 0.6 is 28.1 Å². The van der Waals surface area contributed by atoms with E-state index in [1.165, 1.54) is 5.56 Å². The van der Waals surface area contributed by atoms with Gasteiger partial charge in [-0.15, -0.1) is 0 Å². The Bertz CT molecular complexity index is 376. The average molecular weight is 272 g/mol. The molecule has 0 saturated heterocycles. The first-order chi connectivity index (χ1) is 6.59. The topological polar surface area (TPSA) is 50.4 Å². The lowest BCUT2D eigenvalue weighted by molar-refractivity contribution is 1.04. The molecule has 3 nitrogen and oxygen atoms in total. The van der Waals surface area contributed by atoms with Crippen molar-refractivity contribution in [1.29, 1.82) is 0 Å². The summed E-state index contributed by atoms with van der Waals surface area (Å²) in [5.41, 5.74) is 9.86. The summed E-state index contributed by atoms with van der Waals surface area (Å²) in [6.45, 7) is 2.03. The Kier molecular flexibility index (Phi) is 4.03. The second-order valence-corrected chi connectivity index (χ2v) is 4.04. The number of benzene rings is 1. The standard InChI is InChI=1S/C9H10BrN3S/c1-6-2-3-7(4-8(6)10)5-12-13-9(11)14/h2-5H,1H3,(H3,11,13,14). The molecule has 0 aliphatic rings. The first-order valence-corrected chi connectivity index (χ1v) is 5.14. The number of hydrogen-bond donors (Lipinski definition) is 2. The van der Waals surface area contributed by atoms with E-state index in [4.69, 9.17) is 5.73 Å². The van der Waals surface area contributed by atoms with E-state index in [1.54, 1.807) is 6.21 Å². The van der Waals surface area contributed by atoms with Gasteiger partial charge >= 0.3 is 0 Å². The van der Waals surface area contributed by atoms with Crippen LogP contribution in [0.2, 0.25) is 0 Å². The van der Waals surface area contributed by atoms with Crippen molar-refractivity contribution in [2.45, 2.75) is 6.92 Å². The molecule has 0 aromatic heterocycles. The van der Waals surface area contributed by atoms with E-state index in [0.29, 0.717) is 0 Å². The molecule has 14 heavy (non-hydrogen) atoms. The summed E-state index contributed by atoms with van der Waals surface area (Å²) in [4.78, 5) is 0. The molecule has 1 aromatic rings. The lowest BCUT2D eigenvalue weighted by Crippen LogP contribution is -2.23. The van der Waals surface area contributed by atoms with Crippen molar-refractivity contribution < 1.29 is 0 Å². The van der Waals surface area contributed by atoms with Crippen LogP contribution in [0.1, 0.15) is 11.1 Å². The molecule has 74 valence electrons. The van der Waals surface area contributed by atoms with Gasteiger partial charge in [-0.3, -0.25) is 5.43 Å². The second-order valence-electron chi connectivity index (χ2n) is 2.74. The lowest BCUT2D eigenvalue weighted by Gasteiger charge is -1.99. The van der Waals surface area contributed by atoms with Gasteiger partial charge in [-0.1, -0.05) is 28.1 Å². The van der Waals surface area contributed by atoms with Gasteiger partial charge in [0.15, 0.2) is 5.11 Å². The lowest BCUT2D eigenvalue weighted by atomic mass is 10.2.